The number of nitrogens with zero attached hydrogens (tertiary/aromatic N) is 1. The van der Waals surface area contributed by atoms with E-state index in [1.165, 1.54) is 10.4 Å². The van der Waals surface area contributed by atoms with Gasteiger partial charge in [-0.2, -0.15) is 5.10 Å². The molecule has 2 N–H and O–H groups in total. The molecule has 0 aliphatic carbocycles. The van der Waals surface area contributed by atoms with E-state index in [4.69, 9.17) is 4.74 Å². The first-order chi connectivity index (χ1) is 9.27. The van der Waals surface area contributed by atoms with Gasteiger partial charge in [-0.15, -0.1) is 11.3 Å². The van der Waals surface area contributed by atoms with Gasteiger partial charge < -0.3 is 10.1 Å². The van der Waals surface area contributed by atoms with Gasteiger partial charge in [0.05, 0.1) is 16.8 Å². The van der Waals surface area contributed by atoms with Gasteiger partial charge in [0.15, 0.2) is 0 Å². The third kappa shape index (κ3) is 2.88. The number of hydrogen-bond acceptors (Lipinski definition) is 4. The summed E-state index contributed by atoms with van der Waals surface area (Å²) in [5, 5.41) is 13.0. The molecule has 0 atom stereocenters. The summed E-state index contributed by atoms with van der Waals surface area (Å²) in [6, 6.07) is 4.19. The lowest BCUT2D eigenvalue weighted by molar-refractivity contribution is 0.0446. The van der Waals surface area contributed by atoms with Gasteiger partial charge in [-0.1, -0.05) is 6.07 Å². The lowest BCUT2D eigenvalue weighted by Gasteiger charge is -2.34. The second-order valence-corrected chi connectivity index (χ2v) is 6.22. The lowest BCUT2D eigenvalue weighted by Crippen LogP contribution is -2.46. The van der Waals surface area contributed by atoms with Crippen molar-refractivity contribution in [2.24, 2.45) is 0 Å². The van der Waals surface area contributed by atoms with Crippen LogP contribution in [0.3, 0.4) is 0 Å². The maximum absolute atomic E-state index is 5.43. The van der Waals surface area contributed by atoms with E-state index in [-0.39, 0.29) is 5.54 Å². The van der Waals surface area contributed by atoms with Crippen LogP contribution in [0.4, 0.5) is 0 Å². The van der Waals surface area contributed by atoms with E-state index in [2.05, 4.69) is 40.0 Å². The molecular weight excluding hydrogens is 258 g/mol. The van der Waals surface area contributed by atoms with Crippen LogP contribution in [0.15, 0.2) is 23.7 Å². The summed E-state index contributed by atoms with van der Waals surface area (Å²) in [5.41, 5.74) is 2.55. The van der Waals surface area contributed by atoms with Crippen LogP contribution in [0, 0.1) is 0 Å². The molecule has 0 radical (unpaired) electrons. The molecule has 1 saturated heterocycles. The van der Waals surface area contributed by atoms with Crippen molar-refractivity contribution >= 4 is 11.3 Å². The van der Waals surface area contributed by atoms with Gasteiger partial charge in [-0.3, -0.25) is 5.10 Å². The zero-order valence-corrected chi connectivity index (χ0v) is 11.9. The molecule has 3 heterocycles. The summed E-state index contributed by atoms with van der Waals surface area (Å²) in [4.78, 5) is 1.24. The van der Waals surface area contributed by atoms with Crippen molar-refractivity contribution in [1.29, 1.82) is 0 Å². The quantitative estimate of drug-likeness (QED) is 0.903. The molecular formula is C14H19N3OS. The van der Waals surface area contributed by atoms with Crippen molar-refractivity contribution in [1.82, 2.24) is 15.5 Å². The van der Waals surface area contributed by atoms with Crippen LogP contribution in [0.25, 0.3) is 10.6 Å². The molecule has 1 fully saturated rings. The Hall–Kier alpha value is -1.17. The minimum absolute atomic E-state index is 0.183. The Morgan fingerprint density at radius 2 is 2.32 bits per heavy atom. The van der Waals surface area contributed by atoms with Crippen LogP contribution < -0.4 is 5.32 Å². The summed E-state index contributed by atoms with van der Waals surface area (Å²) in [6.45, 7) is 4.83. The van der Waals surface area contributed by atoms with Gasteiger partial charge >= 0.3 is 0 Å². The first-order valence-corrected chi connectivity index (χ1v) is 7.54. The van der Waals surface area contributed by atoms with Gasteiger partial charge in [-0.05, 0) is 31.2 Å². The highest BCUT2D eigenvalue weighted by Gasteiger charge is 2.26. The zero-order chi connectivity index (χ0) is 13.1. The zero-order valence-electron chi connectivity index (χ0n) is 11.1. The van der Waals surface area contributed by atoms with Gasteiger partial charge in [0, 0.05) is 30.9 Å². The molecule has 4 nitrogen and oxygen atoms in total. The number of ether oxygens (including phenoxy) is 1. The van der Waals surface area contributed by atoms with E-state index >= 15 is 0 Å². The summed E-state index contributed by atoms with van der Waals surface area (Å²) >= 11 is 1.74. The number of aromatic nitrogens is 2. The topological polar surface area (TPSA) is 49.9 Å². The van der Waals surface area contributed by atoms with E-state index in [1.807, 2.05) is 6.20 Å². The minimum atomic E-state index is 0.183. The summed E-state index contributed by atoms with van der Waals surface area (Å²) in [7, 11) is 0. The Kier molecular flexibility index (Phi) is 3.68. The lowest BCUT2D eigenvalue weighted by atomic mass is 9.92. The first-order valence-electron chi connectivity index (χ1n) is 6.66. The molecule has 3 rings (SSSR count). The van der Waals surface area contributed by atoms with Gasteiger partial charge in [0.2, 0.25) is 0 Å². The molecule has 0 unspecified atom stereocenters. The van der Waals surface area contributed by atoms with Gasteiger partial charge in [0.25, 0.3) is 0 Å². The van der Waals surface area contributed by atoms with Crippen molar-refractivity contribution in [2.75, 3.05) is 13.2 Å². The number of nitrogens with one attached hydrogen (secondary N) is 2. The number of thiophene rings is 1. The van der Waals surface area contributed by atoms with Crippen LogP contribution in [-0.4, -0.2) is 29.0 Å². The Balaban J connectivity index is 1.69. The largest absolute Gasteiger partial charge is 0.381 e. The molecule has 2 aromatic rings. The van der Waals surface area contributed by atoms with E-state index in [0.717, 1.165) is 38.3 Å². The SMILES string of the molecule is CC1(NCc2cn[nH]c2-c2cccs2)CCOCC1. The normalized spacial score (nSPS) is 18.6. The Morgan fingerprint density at radius 3 is 3.05 bits per heavy atom. The highest BCUT2D eigenvalue weighted by Crippen LogP contribution is 2.27. The monoisotopic (exact) mass is 277 g/mol. The molecule has 2 aromatic heterocycles. The van der Waals surface area contributed by atoms with E-state index in [0.29, 0.717) is 0 Å². The molecule has 0 saturated carbocycles. The van der Waals surface area contributed by atoms with Crippen molar-refractivity contribution in [3.8, 4) is 10.6 Å². The van der Waals surface area contributed by atoms with Crippen molar-refractivity contribution in [3.63, 3.8) is 0 Å². The molecule has 1 aliphatic heterocycles. The minimum Gasteiger partial charge on any atom is -0.381 e. The maximum Gasteiger partial charge on any atom is 0.0794 e. The molecule has 0 amide bonds. The van der Waals surface area contributed by atoms with E-state index in [9.17, 15) is 0 Å². The third-order valence-electron chi connectivity index (χ3n) is 3.79. The molecule has 5 heteroatoms. The van der Waals surface area contributed by atoms with E-state index < -0.39 is 0 Å². The van der Waals surface area contributed by atoms with Gasteiger partial charge in [0.1, 0.15) is 0 Å². The molecule has 0 bridgehead atoms. The average Bonchev–Trinajstić information content (AvgIpc) is 3.08. The highest BCUT2D eigenvalue weighted by molar-refractivity contribution is 7.13. The Labute approximate surface area is 117 Å². The fraction of sp³-hybridized carbons (Fsp3) is 0.500. The third-order valence-corrected chi connectivity index (χ3v) is 4.67. The molecule has 19 heavy (non-hydrogen) atoms. The Bertz CT molecular complexity index is 515. The summed E-state index contributed by atoms with van der Waals surface area (Å²) < 4.78 is 5.43. The number of rotatable bonds is 4. The molecule has 0 spiro atoms. The fourth-order valence-corrected chi connectivity index (χ4v) is 3.14. The second kappa shape index (κ2) is 5.45. The van der Waals surface area contributed by atoms with Crippen LogP contribution in [-0.2, 0) is 11.3 Å². The predicted octanol–water partition coefficient (Wildman–Crippen LogP) is 2.80. The molecule has 1 aliphatic rings. The summed E-state index contributed by atoms with van der Waals surface area (Å²) in [5.74, 6) is 0. The van der Waals surface area contributed by atoms with Crippen LogP contribution in [0.2, 0.25) is 0 Å². The molecule has 102 valence electrons. The van der Waals surface area contributed by atoms with Crippen molar-refractivity contribution < 1.29 is 4.74 Å². The van der Waals surface area contributed by atoms with Crippen LogP contribution >= 0.6 is 11.3 Å². The Morgan fingerprint density at radius 1 is 1.47 bits per heavy atom. The fourth-order valence-electron chi connectivity index (χ4n) is 2.39. The van der Waals surface area contributed by atoms with Crippen LogP contribution in [0.1, 0.15) is 25.3 Å². The van der Waals surface area contributed by atoms with Crippen molar-refractivity contribution in [2.45, 2.75) is 31.8 Å². The number of hydrogen-bond donors (Lipinski definition) is 2. The standard InChI is InChI=1S/C14H19N3OS/c1-14(4-6-18-7-5-14)15-9-11-10-16-17-13(11)12-3-2-8-19-12/h2-3,8,10,15H,4-7,9H2,1H3,(H,16,17). The predicted molar refractivity (Wildman–Crippen MR) is 77.2 cm³/mol. The average molecular weight is 277 g/mol. The van der Waals surface area contributed by atoms with Crippen molar-refractivity contribution in [3.05, 3.63) is 29.3 Å². The smallest absolute Gasteiger partial charge is 0.0794 e. The highest BCUT2D eigenvalue weighted by atomic mass is 32.1. The second-order valence-electron chi connectivity index (χ2n) is 5.27. The number of aromatic amines is 1. The first kappa shape index (κ1) is 12.8. The van der Waals surface area contributed by atoms with E-state index in [1.54, 1.807) is 11.3 Å². The number of H-pyrrole nitrogens is 1. The summed E-state index contributed by atoms with van der Waals surface area (Å²) in [6.07, 6.45) is 4.06. The van der Waals surface area contributed by atoms with Gasteiger partial charge in [-0.25, -0.2) is 0 Å². The molecule has 0 aromatic carbocycles. The van der Waals surface area contributed by atoms with Crippen LogP contribution in [0.5, 0.6) is 0 Å². The maximum atomic E-state index is 5.43.